The highest BCUT2D eigenvalue weighted by atomic mass is 19.1. The molecule has 3 aliphatic carbocycles. The van der Waals surface area contributed by atoms with Gasteiger partial charge in [0.15, 0.2) is 5.78 Å². The third kappa shape index (κ3) is 4.06. The van der Waals surface area contributed by atoms with E-state index >= 15 is 4.39 Å². The van der Waals surface area contributed by atoms with Crippen LogP contribution in [0.1, 0.15) is 61.8 Å². The van der Waals surface area contributed by atoms with E-state index in [1.807, 2.05) is 6.92 Å². The zero-order valence-corrected chi connectivity index (χ0v) is 23.0. The van der Waals surface area contributed by atoms with E-state index in [0.29, 0.717) is 5.56 Å². The van der Waals surface area contributed by atoms with Crippen molar-refractivity contribution in [1.82, 2.24) is 9.80 Å². The second-order valence-electron chi connectivity index (χ2n) is 11.7. The molecule has 1 unspecified atom stereocenters. The summed E-state index contributed by atoms with van der Waals surface area (Å²) < 4.78 is 22.0. The number of primary amides is 1. The molecule has 1 saturated heterocycles. The third-order valence-corrected chi connectivity index (χ3v) is 9.50. The van der Waals surface area contributed by atoms with Gasteiger partial charge in [-0.1, -0.05) is 6.42 Å². The minimum atomic E-state index is -1.57. The number of Topliss-reactive ketones (excluding diaryl/α,β-unsaturated/α-hetero) is 1. The number of ketones is 1. The Morgan fingerprint density at radius 2 is 1.90 bits per heavy atom. The molecule has 0 bridgehead atoms. The monoisotopic (exact) mass is 543 g/mol. The predicted octanol–water partition coefficient (Wildman–Crippen LogP) is 3.13. The summed E-state index contributed by atoms with van der Waals surface area (Å²) in [7, 11) is 4.81. The topological polar surface area (TPSA) is 137 Å². The van der Waals surface area contributed by atoms with Crippen molar-refractivity contribution in [3.05, 3.63) is 45.5 Å². The first-order valence-corrected chi connectivity index (χ1v) is 13.6. The number of amides is 1. The van der Waals surface area contributed by atoms with Gasteiger partial charge in [0.05, 0.1) is 17.2 Å². The molecule has 1 aromatic rings. The van der Waals surface area contributed by atoms with Crippen LogP contribution in [-0.4, -0.2) is 82.7 Å². The molecule has 5 rings (SSSR count). The lowest BCUT2D eigenvalue weighted by molar-refractivity contribution is -0.157. The van der Waals surface area contributed by atoms with E-state index < -0.39 is 46.7 Å². The number of piperidine rings is 1. The van der Waals surface area contributed by atoms with Crippen molar-refractivity contribution in [2.45, 2.75) is 63.1 Å². The maximum atomic E-state index is 16.2. The Morgan fingerprint density at radius 3 is 2.49 bits per heavy atom. The number of carbonyl (C=O) groups excluding carboxylic acids is 2. The first-order chi connectivity index (χ1) is 18.4. The van der Waals surface area contributed by atoms with Crippen molar-refractivity contribution >= 4 is 17.4 Å². The number of carbonyl (C=O) groups is 2. The van der Waals surface area contributed by atoms with Crippen LogP contribution in [-0.2, 0) is 20.7 Å². The van der Waals surface area contributed by atoms with Gasteiger partial charge in [-0.05, 0) is 71.8 Å². The van der Waals surface area contributed by atoms with Crippen molar-refractivity contribution in [2.75, 3.05) is 34.3 Å². The standard InChI is InChI=1S/C29H38FN3O6/c1-14(33-8-6-5-7-9-33)16-12-20(34)22-17(23(16)30)10-15-11-19-24(32(2)3)25(35)18(28(31)38)13-29(19,39-4)27(37)21(15)26(22)36/h12,14-15,19,24,34-36H,5-11,13H2,1-4H3,(H2,31,38)/t14?,15-,19-,24-,29-/m0/s1. The van der Waals surface area contributed by atoms with E-state index in [0.717, 1.165) is 32.4 Å². The zero-order valence-electron chi connectivity index (χ0n) is 23.0. The number of likely N-dealkylation sites (tertiary alicyclic amines) is 1. The summed E-state index contributed by atoms with van der Waals surface area (Å²) in [6, 6.07) is 0.356. The van der Waals surface area contributed by atoms with Crippen molar-refractivity contribution < 1.29 is 34.0 Å². The quantitative estimate of drug-likeness (QED) is 0.445. The smallest absolute Gasteiger partial charge is 0.248 e. The fourth-order valence-corrected chi connectivity index (χ4v) is 7.50. The summed E-state index contributed by atoms with van der Waals surface area (Å²) in [5.41, 5.74) is 4.44. The highest BCUT2D eigenvalue weighted by Gasteiger charge is 2.61. The van der Waals surface area contributed by atoms with Gasteiger partial charge in [-0.15, -0.1) is 0 Å². The number of fused-ring (bicyclic) bond motifs is 3. The number of rotatable bonds is 5. The molecule has 10 heteroatoms. The Balaban J connectivity index is 1.63. The third-order valence-electron chi connectivity index (χ3n) is 9.50. The summed E-state index contributed by atoms with van der Waals surface area (Å²) in [6.07, 6.45) is 3.35. The molecule has 1 amide bonds. The van der Waals surface area contributed by atoms with Gasteiger partial charge in [-0.2, -0.15) is 0 Å². The molecule has 39 heavy (non-hydrogen) atoms. The van der Waals surface area contributed by atoms with Crippen LogP contribution in [0.3, 0.4) is 0 Å². The summed E-state index contributed by atoms with van der Waals surface area (Å²) in [5, 5.41) is 33.5. The highest BCUT2D eigenvalue weighted by Crippen LogP contribution is 2.54. The van der Waals surface area contributed by atoms with Gasteiger partial charge < -0.3 is 25.8 Å². The molecule has 1 aromatic carbocycles. The van der Waals surface area contributed by atoms with Crippen LogP contribution >= 0.6 is 0 Å². The fourth-order valence-electron chi connectivity index (χ4n) is 7.50. The van der Waals surface area contributed by atoms with Crippen LogP contribution in [0.15, 0.2) is 23.0 Å². The Morgan fingerprint density at radius 1 is 1.23 bits per heavy atom. The van der Waals surface area contributed by atoms with Gasteiger partial charge in [-0.25, -0.2) is 4.39 Å². The summed E-state index contributed by atoms with van der Waals surface area (Å²) in [6.45, 7) is 3.62. The molecule has 0 spiro atoms. The SMILES string of the molecule is CO[C@@]12CC(C(N)=O)=C(O)[C@@H](N(C)C)[C@@H]1C[C@@H]1Cc3c(F)c(C(C)N4CCCCC4)cc(O)c3C(O)=C1C2=O. The molecule has 212 valence electrons. The molecule has 1 heterocycles. The van der Waals surface area contributed by atoms with Crippen LogP contribution in [0, 0.1) is 17.7 Å². The minimum Gasteiger partial charge on any atom is -0.510 e. The number of methoxy groups -OCH3 is 1. The van der Waals surface area contributed by atoms with E-state index in [1.54, 1.807) is 19.0 Å². The molecule has 1 saturated carbocycles. The maximum absolute atomic E-state index is 16.2. The average molecular weight is 544 g/mol. The molecule has 0 radical (unpaired) electrons. The first-order valence-electron chi connectivity index (χ1n) is 13.6. The predicted molar refractivity (Wildman–Crippen MR) is 142 cm³/mol. The van der Waals surface area contributed by atoms with Crippen LogP contribution in [0.2, 0.25) is 0 Å². The van der Waals surface area contributed by atoms with Crippen LogP contribution in [0.25, 0.3) is 5.76 Å². The van der Waals surface area contributed by atoms with E-state index in [1.165, 1.54) is 13.2 Å². The molecule has 1 aliphatic heterocycles. The molecule has 5 atom stereocenters. The largest absolute Gasteiger partial charge is 0.510 e. The Labute approximate surface area is 227 Å². The van der Waals surface area contributed by atoms with Gasteiger partial charge in [0, 0.05) is 42.2 Å². The second kappa shape index (κ2) is 9.91. The molecule has 9 nitrogen and oxygen atoms in total. The van der Waals surface area contributed by atoms with Crippen LogP contribution in [0.4, 0.5) is 4.39 Å². The zero-order chi connectivity index (χ0) is 28.4. The normalized spacial score (nSPS) is 30.2. The summed E-state index contributed by atoms with van der Waals surface area (Å²) in [4.78, 5) is 30.3. The lowest BCUT2D eigenvalue weighted by Gasteiger charge is -2.53. The number of hydrogen-bond donors (Lipinski definition) is 4. The average Bonchev–Trinajstić information content (AvgIpc) is 2.90. The molecule has 4 aliphatic rings. The van der Waals surface area contributed by atoms with E-state index in [-0.39, 0.29) is 59.1 Å². The number of aliphatic hydroxyl groups is 2. The lowest BCUT2D eigenvalue weighted by Crippen LogP contribution is -2.63. The second-order valence-corrected chi connectivity index (χ2v) is 11.7. The fraction of sp³-hybridized carbons (Fsp3) is 0.586. The number of hydrogen-bond acceptors (Lipinski definition) is 8. The molecular weight excluding hydrogens is 505 g/mol. The van der Waals surface area contributed by atoms with Gasteiger partial charge in [0.2, 0.25) is 5.91 Å². The summed E-state index contributed by atoms with van der Waals surface area (Å²) in [5.74, 6) is -3.98. The van der Waals surface area contributed by atoms with E-state index in [2.05, 4.69) is 4.90 Å². The van der Waals surface area contributed by atoms with Gasteiger partial charge in [0.1, 0.15) is 28.7 Å². The number of halogens is 1. The molecule has 5 N–H and O–H groups in total. The number of phenolic OH excluding ortho intramolecular Hbond substituents is 1. The summed E-state index contributed by atoms with van der Waals surface area (Å²) >= 11 is 0. The van der Waals surface area contributed by atoms with Crippen LogP contribution < -0.4 is 5.73 Å². The number of aromatic hydroxyl groups is 1. The number of aliphatic hydroxyl groups excluding tert-OH is 2. The maximum Gasteiger partial charge on any atom is 0.248 e. The minimum absolute atomic E-state index is 0.0508. The highest BCUT2D eigenvalue weighted by molar-refractivity contribution is 6.10. The van der Waals surface area contributed by atoms with Crippen molar-refractivity contribution in [3.8, 4) is 5.75 Å². The van der Waals surface area contributed by atoms with Gasteiger partial charge in [0.25, 0.3) is 0 Å². The van der Waals surface area contributed by atoms with Crippen molar-refractivity contribution in [1.29, 1.82) is 0 Å². The number of ether oxygens (including phenoxy) is 1. The Kier molecular flexibility index (Phi) is 7.01. The Hall–Kier alpha value is -2.95. The number of benzene rings is 1. The molecule has 0 aromatic heterocycles. The van der Waals surface area contributed by atoms with Crippen molar-refractivity contribution in [2.24, 2.45) is 17.6 Å². The van der Waals surface area contributed by atoms with Crippen LogP contribution in [0.5, 0.6) is 5.75 Å². The number of nitrogens with two attached hydrogens (primary N) is 1. The van der Waals surface area contributed by atoms with Gasteiger partial charge in [-0.3, -0.25) is 19.4 Å². The Bertz CT molecular complexity index is 1280. The number of nitrogens with zero attached hydrogens (tertiary/aromatic N) is 2. The molecular formula is C29H38FN3O6. The lowest BCUT2D eigenvalue weighted by atomic mass is 9.57. The first kappa shape index (κ1) is 27.6. The van der Waals surface area contributed by atoms with Crippen molar-refractivity contribution in [3.63, 3.8) is 0 Å². The number of phenols is 1. The van der Waals surface area contributed by atoms with E-state index in [9.17, 15) is 24.9 Å². The molecule has 2 fully saturated rings. The number of likely N-dealkylation sites (N-methyl/N-ethyl adjacent to an activating group) is 1. The van der Waals surface area contributed by atoms with Gasteiger partial charge >= 0.3 is 0 Å². The van der Waals surface area contributed by atoms with E-state index in [4.69, 9.17) is 10.5 Å².